The zero-order valence-electron chi connectivity index (χ0n) is 49.6. The summed E-state index contributed by atoms with van der Waals surface area (Å²) in [5.74, 6) is -2.46. The van der Waals surface area contributed by atoms with E-state index in [-0.39, 0.29) is 48.3 Å². The number of nitrogens with zero attached hydrogens (tertiary/aromatic N) is 4. The van der Waals surface area contributed by atoms with Crippen LogP contribution in [0.2, 0.25) is 0 Å². The zero-order chi connectivity index (χ0) is 62.0. The van der Waals surface area contributed by atoms with Gasteiger partial charge in [0, 0.05) is 58.8 Å². The maximum atomic E-state index is 14.6. The number of ether oxygens (including phenoxy) is 6. The molecule has 20 heteroatoms. The van der Waals surface area contributed by atoms with Crippen molar-refractivity contribution in [1.82, 2.24) is 9.80 Å². The Bertz CT molecular complexity index is 3330. The minimum atomic E-state index is -1.92. The Morgan fingerprint density at radius 1 is 0.511 bits per heavy atom. The molecule has 0 N–H and O–H groups in total. The van der Waals surface area contributed by atoms with E-state index in [2.05, 4.69) is 9.80 Å². The Morgan fingerprint density at radius 2 is 0.886 bits per heavy atom. The summed E-state index contributed by atoms with van der Waals surface area (Å²) in [5, 5.41) is -3.85. The lowest BCUT2D eigenvalue weighted by Crippen LogP contribution is -2.47. The van der Waals surface area contributed by atoms with E-state index in [1.807, 2.05) is 24.3 Å². The number of hydrogen-bond donors (Lipinski definition) is 0. The number of amides is 2. The monoisotopic (exact) mass is 1240 g/mol. The summed E-state index contributed by atoms with van der Waals surface area (Å²) < 4.78 is 64.4. The van der Waals surface area contributed by atoms with E-state index in [1.54, 1.807) is 84.9 Å². The first kappa shape index (κ1) is 63.0. The molecule has 4 heterocycles. The summed E-state index contributed by atoms with van der Waals surface area (Å²) in [5.41, 5.74) is 2.58. The molecule has 16 nitrogen and oxygen atoms in total. The molecule has 10 rings (SSSR count). The standard InChI is InChI=1S/C68H70F2N4O12S2/c1-45(75)73-57-13-5-7-15-61(57)87-67(73,55-43-53(81-3)25-27-59(55)83-41-11-9-35-71-37-31-49(32-38-71)65(79)47-17-21-51(69)22-18-47)85-63(77)29-30-64(78)86-68(74(46(2)76)58-14-6-8-16-62(58)88-68)56-44-54(82-4)26-28-60(56)84-42-12-10-36-72-39-33-50(34-40-72)66(80)48-19-23-52(70)24-20-48/h5-8,13-30,43-44,49-50H,9-12,31-42H2,1-4H3/b30-29-. The van der Waals surface area contributed by atoms with Crippen molar-refractivity contribution in [2.24, 2.45) is 11.8 Å². The molecule has 6 aromatic carbocycles. The maximum Gasteiger partial charge on any atom is 0.334 e. The third-order valence-electron chi connectivity index (χ3n) is 16.2. The topological polar surface area (TPSA) is 171 Å². The SMILES string of the molecule is COc1ccc(OCCCCN2CCC(C(=O)c3ccc(F)cc3)CC2)c(C2(OC(=O)/C=C\C(=O)OC3(c4cc(OC)ccc4OCCCCN4CCC(C(=O)c5ccc(F)cc5)CC4)Sc4ccccc4N3C(C)=O)Sc3ccccc3N2C(C)=O)c1. The van der Waals surface area contributed by atoms with Crippen LogP contribution >= 0.6 is 23.5 Å². The van der Waals surface area contributed by atoms with Crippen LogP contribution in [0.15, 0.2) is 155 Å². The molecule has 4 aliphatic rings. The Balaban J connectivity index is 0.838. The van der Waals surface area contributed by atoms with Gasteiger partial charge in [0.05, 0.1) is 49.9 Å². The number of piperidine rings is 2. The second-order valence-corrected chi connectivity index (χ2v) is 24.4. The van der Waals surface area contributed by atoms with Gasteiger partial charge >= 0.3 is 11.9 Å². The predicted octanol–water partition coefficient (Wildman–Crippen LogP) is 12.4. The number of thioether (sulfide) groups is 2. The summed E-state index contributed by atoms with van der Waals surface area (Å²) in [4.78, 5) is 92.1. The Hall–Kier alpha value is -8.04. The Labute approximate surface area is 519 Å². The van der Waals surface area contributed by atoms with Gasteiger partial charge in [-0.3, -0.25) is 29.0 Å². The van der Waals surface area contributed by atoms with Crippen molar-refractivity contribution in [3.8, 4) is 23.0 Å². The first-order valence-corrected chi connectivity index (χ1v) is 31.2. The molecule has 0 spiro atoms. The minimum absolute atomic E-state index is 0.0373. The number of hydrogen-bond acceptors (Lipinski definition) is 16. The van der Waals surface area contributed by atoms with Gasteiger partial charge in [-0.15, -0.1) is 0 Å². The third kappa shape index (κ3) is 14.1. The number of methoxy groups -OCH3 is 2. The van der Waals surface area contributed by atoms with Gasteiger partial charge in [0.25, 0.3) is 10.1 Å². The van der Waals surface area contributed by atoms with Crippen LogP contribution in [0.3, 0.4) is 0 Å². The number of rotatable bonds is 24. The van der Waals surface area contributed by atoms with E-state index in [1.165, 1.54) is 62.1 Å². The first-order chi connectivity index (χ1) is 42.6. The summed E-state index contributed by atoms with van der Waals surface area (Å²) in [6.45, 7) is 7.82. The van der Waals surface area contributed by atoms with Crippen LogP contribution in [-0.4, -0.2) is 112 Å². The molecule has 0 aliphatic carbocycles. The van der Waals surface area contributed by atoms with Gasteiger partial charge in [0.2, 0.25) is 11.8 Å². The molecular formula is C68H70F2N4O12S2. The second-order valence-electron chi connectivity index (χ2n) is 22.0. The van der Waals surface area contributed by atoms with Crippen LogP contribution in [0, 0.1) is 23.5 Å². The van der Waals surface area contributed by atoms with Crippen LogP contribution in [0.4, 0.5) is 20.2 Å². The van der Waals surface area contributed by atoms with Gasteiger partial charge in [-0.25, -0.2) is 18.4 Å². The first-order valence-electron chi connectivity index (χ1n) is 29.6. The summed E-state index contributed by atoms with van der Waals surface area (Å²) in [7, 11) is 2.99. The molecule has 2 saturated heterocycles. The van der Waals surface area contributed by atoms with E-state index < -0.39 is 33.9 Å². The lowest BCUT2D eigenvalue weighted by Gasteiger charge is -2.37. The van der Waals surface area contributed by atoms with Crippen molar-refractivity contribution < 1.29 is 66.0 Å². The van der Waals surface area contributed by atoms with Crippen molar-refractivity contribution in [3.05, 3.63) is 180 Å². The van der Waals surface area contributed by atoms with Crippen LogP contribution < -0.4 is 28.7 Å². The third-order valence-corrected chi connectivity index (χ3v) is 18.9. The number of para-hydroxylation sites is 2. The van der Waals surface area contributed by atoms with E-state index in [4.69, 9.17) is 28.4 Å². The van der Waals surface area contributed by atoms with Crippen LogP contribution in [0.5, 0.6) is 23.0 Å². The van der Waals surface area contributed by atoms with E-state index in [9.17, 15) is 37.5 Å². The number of carbonyl (C=O) groups is 6. The number of fused-ring (bicyclic) bond motifs is 2. The number of halogens is 2. The molecule has 0 aromatic heterocycles. The second kappa shape index (κ2) is 28.4. The molecular weight excluding hydrogens is 1170 g/mol. The van der Waals surface area contributed by atoms with E-state index >= 15 is 0 Å². The normalized spacial score (nSPS) is 18.8. The van der Waals surface area contributed by atoms with Gasteiger partial charge < -0.3 is 38.2 Å². The van der Waals surface area contributed by atoms with Crippen molar-refractivity contribution in [3.63, 3.8) is 0 Å². The highest BCUT2D eigenvalue weighted by Crippen LogP contribution is 2.60. The molecule has 2 atom stereocenters. The summed E-state index contributed by atoms with van der Waals surface area (Å²) >= 11 is 2.21. The highest BCUT2D eigenvalue weighted by atomic mass is 32.2. The number of anilines is 2. The molecule has 460 valence electrons. The molecule has 0 saturated carbocycles. The van der Waals surface area contributed by atoms with Crippen LogP contribution in [0.25, 0.3) is 0 Å². The van der Waals surface area contributed by atoms with Crippen molar-refractivity contribution >= 4 is 70.2 Å². The minimum Gasteiger partial charge on any atom is -0.497 e. The highest BCUT2D eigenvalue weighted by Gasteiger charge is 2.55. The largest absolute Gasteiger partial charge is 0.497 e. The van der Waals surface area contributed by atoms with E-state index in [0.29, 0.717) is 105 Å². The number of benzene rings is 6. The molecule has 2 fully saturated rings. The average Bonchev–Trinajstić information content (AvgIpc) is 1.74. The fourth-order valence-electron chi connectivity index (χ4n) is 11.8. The molecule has 0 radical (unpaired) electrons. The summed E-state index contributed by atoms with van der Waals surface area (Å²) in [6.07, 6.45) is 7.51. The van der Waals surface area contributed by atoms with Crippen molar-refractivity contribution in [2.75, 3.05) is 76.5 Å². The zero-order valence-corrected chi connectivity index (χ0v) is 51.2. The lowest BCUT2D eigenvalue weighted by atomic mass is 9.89. The smallest absolute Gasteiger partial charge is 0.334 e. The molecule has 88 heavy (non-hydrogen) atoms. The van der Waals surface area contributed by atoms with Crippen molar-refractivity contribution in [2.45, 2.75) is 85.1 Å². The summed E-state index contributed by atoms with van der Waals surface area (Å²) in [6, 6.07) is 35.8. The number of esters is 2. The molecule has 0 bridgehead atoms. The predicted molar refractivity (Wildman–Crippen MR) is 331 cm³/mol. The number of Topliss-reactive ketones (excluding diaryl/α,β-unsaturated/α-hetero) is 2. The number of ketones is 2. The van der Waals surface area contributed by atoms with E-state index in [0.717, 1.165) is 87.8 Å². The van der Waals surface area contributed by atoms with Gasteiger partial charge in [0.15, 0.2) is 11.6 Å². The van der Waals surface area contributed by atoms with Crippen LogP contribution in [0.1, 0.15) is 97.1 Å². The Morgan fingerprint density at radius 3 is 1.25 bits per heavy atom. The molecule has 2 amide bonds. The average molecular weight is 1240 g/mol. The van der Waals surface area contributed by atoms with Gasteiger partial charge in [-0.1, -0.05) is 24.3 Å². The molecule has 2 unspecified atom stereocenters. The molecule has 4 aliphatic heterocycles. The quantitative estimate of drug-likeness (QED) is 0.0242. The number of unbranched alkanes of at least 4 members (excludes halogenated alkanes) is 2. The maximum absolute atomic E-state index is 14.6. The van der Waals surface area contributed by atoms with Gasteiger partial charge in [-0.05, 0) is 223 Å². The number of carbonyl (C=O) groups excluding carboxylic acids is 6. The Kier molecular flexibility index (Phi) is 20.3. The van der Waals surface area contributed by atoms with Crippen LogP contribution in [-0.2, 0) is 38.8 Å². The fraction of sp³-hybridized carbons (Fsp3) is 0.353. The van der Waals surface area contributed by atoms with Gasteiger partial charge in [-0.2, -0.15) is 0 Å². The highest BCUT2D eigenvalue weighted by molar-refractivity contribution is 8.01. The lowest BCUT2D eigenvalue weighted by molar-refractivity contribution is -0.150. The fourth-order valence-corrected chi connectivity index (χ4v) is 14.6. The number of likely N-dealkylation sites (tertiary alicyclic amines) is 2. The molecule has 6 aromatic rings. The van der Waals surface area contributed by atoms with Crippen molar-refractivity contribution in [1.29, 1.82) is 0 Å². The van der Waals surface area contributed by atoms with Gasteiger partial charge in [0.1, 0.15) is 34.6 Å².